The highest BCUT2D eigenvalue weighted by atomic mass is 16.5. The van der Waals surface area contributed by atoms with Crippen LogP contribution in [0.3, 0.4) is 0 Å². The van der Waals surface area contributed by atoms with Gasteiger partial charge in [0, 0.05) is 12.0 Å². The quantitative estimate of drug-likeness (QED) is 0.751. The lowest BCUT2D eigenvalue weighted by Crippen LogP contribution is -2.40. The molecule has 0 spiro atoms. The Kier molecular flexibility index (Phi) is 3.30. The van der Waals surface area contributed by atoms with Crippen LogP contribution in [-0.4, -0.2) is 30.0 Å². The smallest absolute Gasteiger partial charge is 0.0631 e. The fourth-order valence-corrected chi connectivity index (χ4v) is 3.05. The minimum Gasteiger partial charge on any atom is -0.396 e. The van der Waals surface area contributed by atoms with Crippen molar-refractivity contribution in [3.05, 3.63) is 0 Å². The molecular weight excluding hydrogens is 202 g/mol. The molecule has 3 heteroatoms. The van der Waals surface area contributed by atoms with Crippen molar-refractivity contribution in [1.82, 2.24) is 0 Å². The van der Waals surface area contributed by atoms with Gasteiger partial charge in [0.2, 0.25) is 0 Å². The average molecular weight is 227 g/mol. The summed E-state index contributed by atoms with van der Waals surface area (Å²) in [6, 6.07) is 0. The predicted molar refractivity (Wildman–Crippen MR) is 64.1 cm³/mol. The molecule has 2 atom stereocenters. The topological polar surface area (TPSA) is 55.5 Å². The van der Waals surface area contributed by atoms with E-state index in [4.69, 9.17) is 10.5 Å². The third-order valence-corrected chi connectivity index (χ3v) is 4.35. The fraction of sp³-hybridized carbons (Fsp3) is 1.00. The Bertz CT molecular complexity index is 244. The first kappa shape index (κ1) is 12.3. The number of aliphatic hydroxyl groups is 1. The van der Waals surface area contributed by atoms with Gasteiger partial charge in [-0.15, -0.1) is 0 Å². The molecule has 2 aliphatic rings. The van der Waals surface area contributed by atoms with Crippen molar-refractivity contribution in [2.75, 3.05) is 13.2 Å². The van der Waals surface area contributed by atoms with Crippen LogP contribution in [0.1, 0.15) is 46.0 Å². The van der Waals surface area contributed by atoms with E-state index in [0.29, 0.717) is 18.6 Å². The Hall–Kier alpha value is -0.120. The summed E-state index contributed by atoms with van der Waals surface area (Å²) in [7, 11) is 0. The SMILES string of the molecule is CC1(C)CCC(CC(CN)(CO)C2CC2)O1. The fourth-order valence-electron chi connectivity index (χ4n) is 3.05. The van der Waals surface area contributed by atoms with Gasteiger partial charge >= 0.3 is 0 Å². The second-order valence-electron chi connectivity index (χ2n) is 6.24. The molecule has 0 amide bonds. The summed E-state index contributed by atoms with van der Waals surface area (Å²) in [4.78, 5) is 0. The normalized spacial score (nSPS) is 32.6. The van der Waals surface area contributed by atoms with Crippen molar-refractivity contribution in [2.45, 2.75) is 57.7 Å². The van der Waals surface area contributed by atoms with Gasteiger partial charge in [-0.1, -0.05) is 0 Å². The van der Waals surface area contributed by atoms with Crippen molar-refractivity contribution < 1.29 is 9.84 Å². The Morgan fingerprint density at radius 1 is 1.38 bits per heavy atom. The van der Waals surface area contributed by atoms with Gasteiger partial charge in [0.1, 0.15) is 0 Å². The second kappa shape index (κ2) is 4.28. The first-order chi connectivity index (χ1) is 7.51. The van der Waals surface area contributed by atoms with Crippen molar-refractivity contribution in [2.24, 2.45) is 17.1 Å². The Morgan fingerprint density at radius 2 is 2.06 bits per heavy atom. The van der Waals surface area contributed by atoms with Crippen LogP contribution >= 0.6 is 0 Å². The third-order valence-electron chi connectivity index (χ3n) is 4.35. The van der Waals surface area contributed by atoms with Crippen molar-refractivity contribution >= 4 is 0 Å². The highest BCUT2D eigenvalue weighted by Gasteiger charge is 2.47. The van der Waals surface area contributed by atoms with Gasteiger partial charge < -0.3 is 15.6 Å². The van der Waals surface area contributed by atoms with E-state index in [1.54, 1.807) is 0 Å². The minimum absolute atomic E-state index is 0.0179. The molecule has 94 valence electrons. The number of nitrogens with two attached hydrogens (primary N) is 1. The average Bonchev–Trinajstić information content (AvgIpc) is 3.02. The lowest BCUT2D eigenvalue weighted by Gasteiger charge is -2.33. The van der Waals surface area contributed by atoms with Gasteiger partial charge in [0.25, 0.3) is 0 Å². The van der Waals surface area contributed by atoms with Gasteiger partial charge in [-0.05, 0) is 51.9 Å². The molecule has 1 aliphatic heterocycles. The maximum absolute atomic E-state index is 9.64. The predicted octanol–water partition coefficient (Wildman–Crippen LogP) is 1.68. The summed E-state index contributed by atoms with van der Waals surface area (Å²) in [5.74, 6) is 0.634. The van der Waals surface area contributed by atoms with Gasteiger partial charge in [-0.25, -0.2) is 0 Å². The number of rotatable bonds is 5. The molecular formula is C13H25NO2. The summed E-state index contributed by atoms with van der Waals surface area (Å²) in [5, 5.41) is 9.64. The van der Waals surface area contributed by atoms with Crippen LogP contribution in [0.15, 0.2) is 0 Å². The molecule has 2 fully saturated rings. The zero-order valence-electron chi connectivity index (χ0n) is 10.5. The molecule has 0 bridgehead atoms. The molecule has 2 unspecified atom stereocenters. The largest absolute Gasteiger partial charge is 0.396 e. The van der Waals surface area contributed by atoms with Crippen LogP contribution in [0.4, 0.5) is 0 Å². The van der Waals surface area contributed by atoms with E-state index in [1.807, 2.05) is 0 Å². The highest BCUT2D eigenvalue weighted by Crippen LogP contribution is 2.49. The zero-order chi connectivity index (χ0) is 11.8. The summed E-state index contributed by atoms with van der Waals surface area (Å²) in [6.07, 6.45) is 5.93. The van der Waals surface area contributed by atoms with Crippen LogP contribution < -0.4 is 5.73 Å². The summed E-state index contributed by atoms with van der Waals surface area (Å²) in [6.45, 7) is 5.10. The molecule has 0 aromatic carbocycles. The van der Waals surface area contributed by atoms with Gasteiger partial charge in [0.05, 0.1) is 18.3 Å². The van der Waals surface area contributed by atoms with Crippen molar-refractivity contribution in [3.8, 4) is 0 Å². The molecule has 16 heavy (non-hydrogen) atoms. The van der Waals surface area contributed by atoms with Crippen LogP contribution in [0.25, 0.3) is 0 Å². The van der Waals surface area contributed by atoms with E-state index < -0.39 is 0 Å². The molecule has 1 aliphatic carbocycles. The summed E-state index contributed by atoms with van der Waals surface area (Å²) >= 11 is 0. The zero-order valence-corrected chi connectivity index (χ0v) is 10.5. The van der Waals surface area contributed by atoms with E-state index in [9.17, 15) is 5.11 Å². The summed E-state index contributed by atoms with van der Waals surface area (Å²) in [5.41, 5.74) is 5.84. The molecule has 1 heterocycles. The van der Waals surface area contributed by atoms with Gasteiger partial charge in [-0.2, -0.15) is 0 Å². The highest BCUT2D eigenvalue weighted by molar-refractivity contribution is 4.97. The molecule has 0 radical (unpaired) electrons. The van der Waals surface area contributed by atoms with E-state index in [2.05, 4.69) is 13.8 Å². The standard InChI is InChI=1S/C13H25NO2/c1-12(2)6-5-11(16-12)7-13(8-14,9-15)10-3-4-10/h10-11,15H,3-9,14H2,1-2H3. The number of ether oxygens (including phenoxy) is 1. The van der Waals surface area contributed by atoms with E-state index in [-0.39, 0.29) is 17.6 Å². The maximum atomic E-state index is 9.64. The Balaban J connectivity index is 1.96. The first-order valence-electron chi connectivity index (χ1n) is 6.50. The lowest BCUT2D eigenvalue weighted by atomic mass is 9.78. The number of aliphatic hydroxyl groups excluding tert-OH is 1. The molecule has 1 saturated heterocycles. The van der Waals surface area contributed by atoms with Crippen molar-refractivity contribution in [1.29, 1.82) is 0 Å². The third kappa shape index (κ3) is 2.41. The number of hydrogen-bond acceptors (Lipinski definition) is 3. The molecule has 2 rings (SSSR count). The van der Waals surface area contributed by atoms with E-state index >= 15 is 0 Å². The lowest BCUT2D eigenvalue weighted by molar-refractivity contribution is -0.0468. The van der Waals surface area contributed by atoms with Crippen LogP contribution in [0.5, 0.6) is 0 Å². The minimum atomic E-state index is -0.0644. The van der Waals surface area contributed by atoms with E-state index in [1.165, 1.54) is 12.8 Å². The van der Waals surface area contributed by atoms with Gasteiger partial charge in [-0.3, -0.25) is 0 Å². The molecule has 3 N–H and O–H groups in total. The van der Waals surface area contributed by atoms with E-state index in [0.717, 1.165) is 19.3 Å². The molecule has 3 nitrogen and oxygen atoms in total. The molecule has 0 aromatic heterocycles. The number of hydrogen-bond donors (Lipinski definition) is 2. The molecule has 1 saturated carbocycles. The Morgan fingerprint density at radius 3 is 2.44 bits per heavy atom. The first-order valence-corrected chi connectivity index (χ1v) is 6.50. The van der Waals surface area contributed by atoms with Crippen LogP contribution in [0, 0.1) is 11.3 Å². The maximum Gasteiger partial charge on any atom is 0.0631 e. The summed E-state index contributed by atoms with van der Waals surface area (Å²) < 4.78 is 6.02. The Labute approximate surface area is 98.4 Å². The van der Waals surface area contributed by atoms with Crippen LogP contribution in [-0.2, 0) is 4.74 Å². The monoisotopic (exact) mass is 227 g/mol. The second-order valence-corrected chi connectivity index (χ2v) is 6.24. The van der Waals surface area contributed by atoms with Gasteiger partial charge in [0.15, 0.2) is 0 Å². The van der Waals surface area contributed by atoms with Crippen molar-refractivity contribution in [3.63, 3.8) is 0 Å². The van der Waals surface area contributed by atoms with Crippen LogP contribution in [0.2, 0.25) is 0 Å². The molecule has 0 aromatic rings.